The molecule has 0 amide bonds. The third kappa shape index (κ3) is 1.38. The van der Waals surface area contributed by atoms with Crippen LogP contribution in [0.1, 0.15) is 0 Å². The fourth-order valence-electron chi connectivity index (χ4n) is 1.09. The molecule has 1 aliphatic rings. The van der Waals surface area contributed by atoms with Gasteiger partial charge in [0, 0.05) is 6.08 Å². The molecule has 0 bridgehead atoms. The van der Waals surface area contributed by atoms with Crippen LogP contribution >= 0.6 is 0 Å². The number of allylic oxidation sites excluding steroid dienone is 2. The topological polar surface area (TPSA) is 0 Å². The molecule has 0 aromatic carbocycles. The lowest BCUT2D eigenvalue weighted by Gasteiger charge is -2.35. The minimum atomic E-state index is -7.16. The fourth-order valence-corrected chi connectivity index (χ4v) is 1.09. The molecule has 0 atom stereocenters. The molecule has 11 heteroatoms. The molecule has 0 N–H and O–H groups in total. The SMILES string of the molecule is FC1=CC(F)(F)C(F)(F)C(F)(F)C(F)(F)C1(F)F. The molecule has 18 heavy (non-hydrogen) atoms. The predicted molar refractivity (Wildman–Crippen MR) is 33.9 cm³/mol. The molecule has 0 saturated heterocycles. The average Bonchev–Trinajstić information content (AvgIpc) is 2.15. The van der Waals surface area contributed by atoms with Crippen molar-refractivity contribution in [3.63, 3.8) is 0 Å². The van der Waals surface area contributed by atoms with Crippen LogP contribution < -0.4 is 0 Å². The third-order valence-corrected chi connectivity index (χ3v) is 2.21. The van der Waals surface area contributed by atoms with Crippen LogP contribution in [0.3, 0.4) is 0 Å². The number of halogens is 11. The molecule has 1 aliphatic carbocycles. The Morgan fingerprint density at radius 3 is 1.39 bits per heavy atom. The van der Waals surface area contributed by atoms with Crippen LogP contribution in [0, 0.1) is 0 Å². The van der Waals surface area contributed by atoms with Gasteiger partial charge in [-0.2, -0.15) is 43.9 Å². The highest BCUT2D eigenvalue weighted by Crippen LogP contribution is 2.61. The van der Waals surface area contributed by atoms with Gasteiger partial charge >= 0.3 is 29.6 Å². The first-order chi connectivity index (χ1) is 7.63. The van der Waals surface area contributed by atoms with E-state index in [0.717, 1.165) is 0 Å². The summed E-state index contributed by atoms with van der Waals surface area (Å²) in [5.41, 5.74) is 0. The van der Waals surface area contributed by atoms with Crippen LogP contribution in [-0.2, 0) is 0 Å². The van der Waals surface area contributed by atoms with Crippen LogP contribution in [0.15, 0.2) is 11.9 Å². The van der Waals surface area contributed by atoms with Gasteiger partial charge in [-0.25, -0.2) is 4.39 Å². The smallest absolute Gasteiger partial charge is 0.205 e. The van der Waals surface area contributed by atoms with Crippen LogP contribution in [0.2, 0.25) is 0 Å². The zero-order chi connectivity index (χ0) is 14.8. The van der Waals surface area contributed by atoms with Gasteiger partial charge in [-0.1, -0.05) is 0 Å². The summed E-state index contributed by atoms with van der Waals surface area (Å²) in [4.78, 5) is 0. The van der Waals surface area contributed by atoms with Gasteiger partial charge in [0.15, 0.2) is 5.83 Å². The first-order valence-corrected chi connectivity index (χ1v) is 3.91. The van der Waals surface area contributed by atoms with Crippen LogP contribution in [0.25, 0.3) is 0 Å². The molecular formula is C7HF11. The second-order valence-corrected chi connectivity index (χ2v) is 3.41. The molecular weight excluding hydrogens is 293 g/mol. The zero-order valence-electron chi connectivity index (χ0n) is 7.73. The Labute approximate surface area is 91.1 Å². The van der Waals surface area contributed by atoms with Crippen LogP contribution in [0.5, 0.6) is 0 Å². The van der Waals surface area contributed by atoms with Gasteiger partial charge in [0.25, 0.3) is 0 Å². The highest BCUT2D eigenvalue weighted by Gasteiger charge is 2.88. The minimum Gasteiger partial charge on any atom is -0.205 e. The summed E-state index contributed by atoms with van der Waals surface area (Å²) in [6, 6.07) is 0. The van der Waals surface area contributed by atoms with E-state index >= 15 is 0 Å². The van der Waals surface area contributed by atoms with Crippen molar-refractivity contribution in [1.82, 2.24) is 0 Å². The Morgan fingerprint density at radius 2 is 1.00 bits per heavy atom. The molecule has 0 unspecified atom stereocenters. The summed E-state index contributed by atoms with van der Waals surface area (Å²) in [6.45, 7) is 0. The number of hydrogen-bond donors (Lipinski definition) is 0. The normalized spacial score (nSPS) is 31.4. The van der Waals surface area contributed by atoms with E-state index in [9.17, 15) is 48.3 Å². The van der Waals surface area contributed by atoms with E-state index in [4.69, 9.17) is 0 Å². The van der Waals surface area contributed by atoms with Gasteiger partial charge in [0.05, 0.1) is 0 Å². The van der Waals surface area contributed by atoms with E-state index in [-0.39, 0.29) is 0 Å². The molecule has 0 saturated carbocycles. The monoisotopic (exact) mass is 294 g/mol. The van der Waals surface area contributed by atoms with Gasteiger partial charge in [0.2, 0.25) is 0 Å². The van der Waals surface area contributed by atoms with Gasteiger partial charge in [0.1, 0.15) is 0 Å². The maximum Gasteiger partial charge on any atom is 0.385 e. The van der Waals surface area contributed by atoms with Gasteiger partial charge in [-0.3, -0.25) is 0 Å². The van der Waals surface area contributed by atoms with Crippen molar-refractivity contribution in [3.05, 3.63) is 11.9 Å². The molecule has 0 aromatic heterocycles. The minimum absolute atomic E-state index is 1.93. The van der Waals surface area contributed by atoms with E-state index in [1.165, 1.54) is 0 Å². The largest absolute Gasteiger partial charge is 0.385 e. The van der Waals surface area contributed by atoms with Gasteiger partial charge < -0.3 is 0 Å². The first-order valence-electron chi connectivity index (χ1n) is 3.91. The van der Waals surface area contributed by atoms with Crippen molar-refractivity contribution in [1.29, 1.82) is 0 Å². The summed E-state index contributed by atoms with van der Waals surface area (Å²) in [5, 5.41) is 0. The molecule has 0 aliphatic heterocycles. The van der Waals surface area contributed by atoms with Crippen molar-refractivity contribution in [2.45, 2.75) is 29.6 Å². The van der Waals surface area contributed by atoms with Crippen LogP contribution in [0.4, 0.5) is 48.3 Å². The molecule has 0 heterocycles. The van der Waals surface area contributed by atoms with Crippen molar-refractivity contribution < 1.29 is 48.3 Å². The lowest BCUT2D eigenvalue weighted by Crippen LogP contribution is -2.65. The number of rotatable bonds is 0. The quantitative estimate of drug-likeness (QED) is 0.592. The van der Waals surface area contributed by atoms with Gasteiger partial charge in [-0.05, 0) is 0 Å². The molecule has 0 fully saturated rings. The summed E-state index contributed by atoms with van der Waals surface area (Å²) in [7, 11) is 0. The van der Waals surface area contributed by atoms with Crippen molar-refractivity contribution in [3.8, 4) is 0 Å². The van der Waals surface area contributed by atoms with E-state index in [0.29, 0.717) is 0 Å². The molecule has 106 valence electrons. The Balaban J connectivity index is 3.70. The third-order valence-electron chi connectivity index (χ3n) is 2.21. The van der Waals surface area contributed by atoms with Gasteiger partial charge in [-0.15, -0.1) is 0 Å². The summed E-state index contributed by atoms with van der Waals surface area (Å²) < 4.78 is 137. The lowest BCUT2D eigenvalue weighted by atomic mass is 9.98. The zero-order valence-corrected chi connectivity index (χ0v) is 7.73. The Hall–Kier alpha value is -1.03. The summed E-state index contributed by atoms with van der Waals surface area (Å²) in [6.07, 6.45) is -1.93. The Kier molecular flexibility index (Phi) is 2.75. The summed E-state index contributed by atoms with van der Waals surface area (Å²) in [5.74, 6) is -37.5. The van der Waals surface area contributed by atoms with E-state index < -0.39 is 41.5 Å². The van der Waals surface area contributed by atoms with E-state index in [2.05, 4.69) is 0 Å². The second-order valence-electron chi connectivity index (χ2n) is 3.41. The van der Waals surface area contributed by atoms with E-state index in [1.54, 1.807) is 0 Å². The van der Waals surface area contributed by atoms with Crippen molar-refractivity contribution >= 4 is 0 Å². The molecule has 0 radical (unpaired) electrons. The summed E-state index contributed by atoms with van der Waals surface area (Å²) >= 11 is 0. The maximum absolute atomic E-state index is 12.5. The number of alkyl halides is 10. The molecule has 0 nitrogen and oxygen atoms in total. The second kappa shape index (κ2) is 3.29. The van der Waals surface area contributed by atoms with Crippen molar-refractivity contribution in [2.24, 2.45) is 0 Å². The standard InChI is InChI=1S/C7HF11/c8-2-1-3(9,10)5(13,14)7(17,18)6(15,16)4(2,11)12/h1H. The number of hydrogen-bond acceptors (Lipinski definition) is 0. The highest BCUT2D eigenvalue weighted by atomic mass is 19.4. The van der Waals surface area contributed by atoms with E-state index in [1.807, 2.05) is 0 Å². The molecule has 1 rings (SSSR count). The van der Waals surface area contributed by atoms with Crippen LogP contribution in [-0.4, -0.2) is 29.6 Å². The average molecular weight is 294 g/mol. The Bertz CT molecular complexity index is 390. The fraction of sp³-hybridized carbons (Fsp3) is 0.714. The first kappa shape index (κ1) is 15.0. The molecule has 0 spiro atoms. The lowest BCUT2D eigenvalue weighted by molar-refractivity contribution is -0.383. The Morgan fingerprint density at radius 1 is 0.611 bits per heavy atom. The molecule has 0 aromatic rings. The van der Waals surface area contributed by atoms with Crippen molar-refractivity contribution in [2.75, 3.05) is 0 Å². The predicted octanol–water partition coefficient (Wildman–Crippen LogP) is 4.03. The highest BCUT2D eigenvalue weighted by molar-refractivity contribution is 5.26. The maximum atomic E-state index is 12.5.